The minimum Gasteiger partial charge on any atom is -0.394 e. The number of aliphatic hydroxyl groups excluding tert-OH is 1. The molecule has 0 aliphatic carbocycles. The van der Waals surface area contributed by atoms with Crippen molar-refractivity contribution in [2.24, 2.45) is 5.92 Å². The van der Waals surface area contributed by atoms with Crippen LogP contribution in [-0.4, -0.2) is 36.9 Å². The van der Waals surface area contributed by atoms with Crippen molar-refractivity contribution >= 4 is 5.91 Å². The molecule has 1 unspecified atom stereocenters. The lowest BCUT2D eigenvalue weighted by Gasteiger charge is -2.22. The van der Waals surface area contributed by atoms with Crippen LogP contribution in [0.1, 0.15) is 39.0 Å². The molecular formula is C12H23NO3. The van der Waals surface area contributed by atoms with Crippen molar-refractivity contribution in [3.8, 4) is 0 Å². The zero-order valence-electron chi connectivity index (χ0n) is 10.1. The number of carbonyl (C=O) groups is 1. The lowest BCUT2D eigenvalue weighted by Crippen LogP contribution is -2.37. The minimum absolute atomic E-state index is 0.0273. The number of nitrogens with one attached hydrogen (secondary N) is 1. The Hall–Kier alpha value is -0.610. The molecule has 1 heterocycles. The Morgan fingerprint density at radius 2 is 2.19 bits per heavy atom. The van der Waals surface area contributed by atoms with E-state index in [9.17, 15) is 4.79 Å². The molecule has 1 atom stereocenters. The smallest absolute Gasteiger partial charge is 0.220 e. The van der Waals surface area contributed by atoms with Crippen LogP contribution in [0, 0.1) is 5.92 Å². The van der Waals surface area contributed by atoms with Crippen molar-refractivity contribution in [3.05, 3.63) is 0 Å². The first-order valence-corrected chi connectivity index (χ1v) is 6.24. The fraction of sp³-hybridized carbons (Fsp3) is 0.917. The van der Waals surface area contributed by atoms with E-state index < -0.39 is 0 Å². The first kappa shape index (κ1) is 13.5. The SMILES string of the molecule is CCC(CO)NC(=O)CCC1CCOCC1. The molecule has 0 radical (unpaired) electrons. The summed E-state index contributed by atoms with van der Waals surface area (Å²) in [5, 5.41) is 11.8. The summed E-state index contributed by atoms with van der Waals surface area (Å²) < 4.78 is 5.27. The predicted molar refractivity (Wildman–Crippen MR) is 62.1 cm³/mol. The molecule has 2 N–H and O–H groups in total. The van der Waals surface area contributed by atoms with Gasteiger partial charge in [0.15, 0.2) is 0 Å². The third-order valence-electron chi connectivity index (χ3n) is 3.20. The Bertz CT molecular complexity index is 198. The first-order chi connectivity index (χ1) is 7.76. The van der Waals surface area contributed by atoms with Gasteiger partial charge in [-0.2, -0.15) is 0 Å². The van der Waals surface area contributed by atoms with E-state index in [1.54, 1.807) is 0 Å². The topological polar surface area (TPSA) is 58.6 Å². The number of rotatable bonds is 6. The highest BCUT2D eigenvalue weighted by Crippen LogP contribution is 2.19. The molecule has 1 saturated heterocycles. The molecule has 0 aromatic heterocycles. The maximum absolute atomic E-state index is 11.6. The summed E-state index contributed by atoms with van der Waals surface area (Å²) >= 11 is 0. The average Bonchev–Trinajstić information content (AvgIpc) is 2.34. The number of amides is 1. The fourth-order valence-corrected chi connectivity index (χ4v) is 1.95. The van der Waals surface area contributed by atoms with Gasteiger partial charge in [0.2, 0.25) is 5.91 Å². The van der Waals surface area contributed by atoms with E-state index in [1.165, 1.54) is 0 Å². The van der Waals surface area contributed by atoms with Gasteiger partial charge in [0.25, 0.3) is 0 Å². The van der Waals surface area contributed by atoms with Crippen molar-refractivity contribution in [2.45, 2.75) is 45.1 Å². The van der Waals surface area contributed by atoms with Crippen molar-refractivity contribution in [1.29, 1.82) is 0 Å². The molecule has 1 aliphatic heterocycles. The van der Waals surface area contributed by atoms with Gasteiger partial charge in [-0.1, -0.05) is 6.92 Å². The quantitative estimate of drug-likeness (QED) is 0.716. The Morgan fingerprint density at radius 3 is 2.75 bits per heavy atom. The van der Waals surface area contributed by atoms with Gasteiger partial charge in [0.1, 0.15) is 0 Å². The van der Waals surface area contributed by atoms with Crippen LogP contribution in [0.2, 0.25) is 0 Å². The maximum atomic E-state index is 11.6. The van der Waals surface area contributed by atoms with Crippen LogP contribution < -0.4 is 5.32 Å². The van der Waals surface area contributed by atoms with Crippen molar-refractivity contribution in [1.82, 2.24) is 5.32 Å². The summed E-state index contributed by atoms with van der Waals surface area (Å²) in [5.74, 6) is 0.695. The molecule has 0 aromatic carbocycles. The van der Waals surface area contributed by atoms with Gasteiger partial charge >= 0.3 is 0 Å². The van der Waals surface area contributed by atoms with Crippen LogP contribution in [0.4, 0.5) is 0 Å². The molecule has 1 amide bonds. The van der Waals surface area contributed by atoms with Gasteiger partial charge in [0, 0.05) is 19.6 Å². The lowest BCUT2D eigenvalue weighted by atomic mass is 9.95. The molecule has 4 heteroatoms. The van der Waals surface area contributed by atoms with Gasteiger partial charge in [0.05, 0.1) is 12.6 Å². The second-order valence-electron chi connectivity index (χ2n) is 4.45. The van der Waals surface area contributed by atoms with Gasteiger partial charge in [-0.05, 0) is 31.6 Å². The average molecular weight is 229 g/mol. The molecule has 1 rings (SSSR count). The molecule has 1 fully saturated rings. The van der Waals surface area contributed by atoms with Gasteiger partial charge in [-0.3, -0.25) is 4.79 Å². The molecule has 0 spiro atoms. The maximum Gasteiger partial charge on any atom is 0.220 e. The van der Waals surface area contributed by atoms with Gasteiger partial charge < -0.3 is 15.2 Å². The monoisotopic (exact) mass is 229 g/mol. The Balaban J connectivity index is 2.13. The summed E-state index contributed by atoms with van der Waals surface area (Å²) in [6, 6.07) is -0.0813. The Labute approximate surface area is 97.4 Å². The molecule has 94 valence electrons. The molecule has 0 bridgehead atoms. The Morgan fingerprint density at radius 1 is 1.50 bits per heavy atom. The third kappa shape index (κ3) is 4.94. The predicted octanol–water partition coefficient (Wildman–Crippen LogP) is 1.08. The summed E-state index contributed by atoms with van der Waals surface area (Å²) in [7, 11) is 0. The second-order valence-corrected chi connectivity index (χ2v) is 4.45. The first-order valence-electron chi connectivity index (χ1n) is 6.24. The van der Waals surface area contributed by atoms with Crippen molar-refractivity contribution < 1.29 is 14.6 Å². The molecule has 0 aromatic rings. The van der Waals surface area contributed by atoms with Gasteiger partial charge in [-0.25, -0.2) is 0 Å². The van der Waals surface area contributed by atoms with E-state index in [0.717, 1.165) is 38.9 Å². The summed E-state index contributed by atoms with van der Waals surface area (Å²) in [5.41, 5.74) is 0. The normalized spacial score (nSPS) is 19.4. The van der Waals surface area contributed by atoms with E-state index in [1.807, 2.05) is 6.92 Å². The number of ether oxygens (including phenoxy) is 1. The van der Waals surface area contributed by atoms with E-state index in [-0.39, 0.29) is 18.6 Å². The highest BCUT2D eigenvalue weighted by molar-refractivity contribution is 5.76. The van der Waals surface area contributed by atoms with E-state index in [2.05, 4.69) is 5.32 Å². The zero-order valence-corrected chi connectivity index (χ0v) is 10.1. The standard InChI is InChI=1S/C12H23NO3/c1-2-11(9-14)13-12(15)4-3-10-5-7-16-8-6-10/h10-11,14H,2-9H2,1H3,(H,13,15). The number of hydrogen-bond donors (Lipinski definition) is 2. The molecule has 16 heavy (non-hydrogen) atoms. The van der Waals surface area contributed by atoms with Crippen molar-refractivity contribution in [3.63, 3.8) is 0 Å². The van der Waals surface area contributed by atoms with Crippen LogP contribution in [0.15, 0.2) is 0 Å². The zero-order chi connectivity index (χ0) is 11.8. The highest BCUT2D eigenvalue weighted by Gasteiger charge is 2.16. The van der Waals surface area contributed by atoms with Crippen LogP contribution >= 0.6 is 0 Å². The molecule has 4 nitrogen and oxygen atoms in total. The lowest BCUT2D eigenvalue weighted by molar-refractivity contribution is -0.122. The fourth-order valence-electron chi connectivity index (χ4n) is 1.95. The van der Waals surface area contributed by atoms with Crippen LogP contribution in [0.3, 0.4) is 0 Å². The summed E-state index contributed by atoms with van der Waals surface area (Å²) in [4.78, 5) is 11.6. The van der Waals surface area contributed by atoms with Crippen LogP contribution in [-0.2, 0) is 9.53 Å². The largest absolute Gasteiger partial charge is 0.394 e. The minimum atomic E-state index is -0.0813. The number of aliphatic hydroxyl groups is 1. The second kappa shape index (κ2) is 7.63. The number of carbonyl (C=O) groups excluding carboxylic acids is 1. The van der Waals surface area contributed by atoms with E-state index >= 15 is 0 Å². The van der Waals surface area contributed by atoms with Crippen LogP contribution in [0.25, 0.3) is 0 Å². The van der Waals surface area contributed by atoms with Crippen molar-refractivity contribution in [2.75, 3.05) is 19.8 Å². The third-order valence-corrected chi connectivity index (χ3v) is 3.20. The highest BCUT2D eigenvalue weighted by atomic mass is 16.5. The van der Waals surface area contributed by atoms with E-state index in [4.69, 9.17) is 9.84 Å². The number of hydrogen-bond acceptors (Lipinski definition) is 3. The molecule has 0 saturated carbocycles. The summed E-state index contributed by atoms with van der Waals surface area (Å²) in [6.07, 6.45) is 4.44. The van der Waals surface area contributed by atoms with Gasteiger partial charge in [-0.15, -0.1) is 0 Å². The van der Waals surface area contributed by atoms with E-state index in [0.29, 0.717) is 12.3 Å². The molecule has 1 aliphatic rings. The molecular weight excluding hydrogens is 206 g/mol. The summed E-state index contributed by atoms with van der Waals surface area (Å²) in [6.45, 7) is 3.65. The Kier molecular flexibility index (Phi) is 6.42. The van der Waals surface area contributed by atoms with Crippen LogP contribution in [0.5, 0.6) is 0 Å².